The van der Waals surface area contributed by atoms with Gasteiger partial charge in [-0.05, 0) is 18.1 Å². The normalized spacial score (nSPS) is 10.6. The van der Waals surface area contributed by atoms with Gasteiger partial charge in [-0.2, -0.15) is 0 Å². The van der Waals surface area contributed by atoms with Crippen molar-refractivity contribution in [3.8, 4) is 10.6 Å². The lowest BCUT2D eigenvalue weighted by atomic mass is 10.2. The number of esters is 1. The molecule has 0 saturated heterocycles. The third-order valence-corrected chi connectivity index (χ3v) is 3.99. The number of nitrogens with one attached hydrogen (secondary N) is 1. The summed E-state index contributed by atoms with van der Waals surface area (Å²) in [6.45, 7) is 4.22. The molecule has 0 saturated carbocycles. The third-order valence-electron chi connectivity index (χ3n) is 2.85. The minimum absolute atomic E-state index is 0.191. The highest BCUT2D eigenvalue weighted by Crippen LogP contribution is 2.25. The van der Waals surface area contributed by atoms with E-state index in [0.29, 0.717) is 22.5 Å². The number of hydrogen-bond acceptors (Lipinski definition) is 5. The molecule has 1 N–H and O–H groups in total. The number of hydrogen-bond donors (Lipinski definition) is 1. The van der Waals surface area contributed by atoms with E-state index in [2.05, 4.69) is 10.3 Å². The summed E-state index contributed by atoms with van der Waals surface area (Å²) in [5.41, 5.74) is 1.06. The molecule has 0 unspecified atom stereocenters. The molecule has 0 spiro atoms. The molecule has 5 nitrogen and oxygen atoms in total. The van der Waals surface area contributed by atoms with Crippen LogP contribution in [0.25, 0.3) is 10.6 Å². The summed E-state index contributed by atoms with van der Waals surface area (Å²) in [5.74, 6) is -0.587. The highest BCUT2D eigenvalue weighted by Gasteiger charge is 2.15. The zero-order valence-corrected chi connectivity index (χ0v) is 14.4. The van der Waals surface area contributed by atoms with Crippen LogP contribution in [0.2, 0.25) is 5.02 Å². The lowest BCUT2D eigenvalue weighted by Crippen LogP contribution is -2.31. The summed E-state index contributed by atoms with van der Waals surface area (Å²) in [4.78, 5) is 27.7. The van der Waals surface area contributed by atoms with E-state index in [9.17, 15) is 9.59 Å². The van der Waals surface area contributed by atoms with Crippen LogP contribution in [-0.4, -0.2) is 30.0 Å². The van der Waals surface area contributed by atoms with Crippen molar-refractivity contribution < 1.29 is 14.3 Å². The van der Waals surface area contributed by atoms with Gasteiger partial charge in [0.1, 0.15) is 5.01 Å². The number of aromatic nitrogens is 1. The SMILES string of the molecule is CC(C)CNC(=O)COC(=O)c1csc(-c2ccc(Cl)cc2)n1. The van der Waals surface area contributed by atoms with Gasteiger partial charge in [-0.3, -0.25) is 4.79 Å². The fraction of sp³-hybridized carbons (Fsp3) is 0.312. The van der Waals surface area contributed by atoms with E-state index in [4.69, 9.17) is 16.3 Å². The van der Waals surface area contributed by atoms with Crippen molar-refractivity contribution in [2.24, 2.45) is 5.92 Å². The van der Waals surface area contributed by atoms with E-state index in [-0.39, 0.29) is 18.2 Å². The number of carbonyl (C=O) groups is 2. The number of halogens is 1. The summed E-state index contributed by atoms with van der Waals surface area (Å²) in [6.07, 6.45) is 0. The van der Waals surface area contributed by atoms with Crippen molar-refractivity contribution in [1.82, 2.24) is 10.3 Å². The van der Waals surface area contributed by atoms with E-state index in [1.165, 1.54) is 11.3 Å². The zero-order chi connectivity index (χ0) is 16.8. The number of nitrogens with zero attached hydrogens (tertiary/aromatic N) is 1. The van der Waals surface area contributed by atoms with E-state index >= 15 is 0 Å². The van der Waals surface area contributed by atoms with Gasteiger partial charge in [0.2, 0.25) is 0 Å². The van der Waals surface area contributed by atoms with E-state index in [1.54, 1.807) is 17.5 Å². The van der Waals surface area contributed by atoms with Crippen molar-refractivity contribution in [3.63, 3.8) is 0 Å². The second kappa shape index (κ2) is 8.08. The van der Waals surface area contributed by atoms with Gasteiger partial charge in [0.15, 0.2) is 12.3 Å². The van der Waals surface area contributed by atoms with Crippen LogP contribution in [0.3, 0.4) is 0 Å². The van der Waals surface area contributed by atoms with Crippen molar-refractivity contribution in [3.05, 3.63) is 40.4 Å². The predicted octanol–water partition coefficient (Wildman–Crippen LogP) is 3.39. The van der Waals surface area contributed by atoms with E-state index < -0.39 is 5.97 Å². The van der Waals surface area contributed by atoms with Gasteiger partial charge in [-0.25, -0.2) is 9.78 Å². The Kier molecular flexibility index (Phi) is 6.12. The lowest BCUT2D eigenvalue weighted by Gasteiger charge is -2.07. The first kappa shape index (κ1) is 17.4. The molecule has 2 aromatic rings. The van der Waals surface area contributed by atoms with Crippen molar-refractivity contribution in [1.29, 1.82) is 0 Å². The quantitative estimate of drug-likeness (QED) is 0.809. The maximum Gasteiger partial charge on any atom is 0.358 e. The van der Waals surface area contributed by atoms with Crippen molar-refractivity contribution in [2.75, 3.05) is 13.2 Å². The minimum Gasteiger partial charge on any atom is -0.451 e. The van der Waals surface area contributed by atoms with Gasteiger partial charge in [0.05, 0.1) is 0 Å². The van der Waals surface area contributed by atoms with Crippen LogP contribution in [0, 0.1) is 5.92 Å². The van der Waals surface area contributed by atoms with Gasteiger partial charge in [0, 0.05) is 22.5 Å². The van der Waals surface area contributed by atoms with Crippen LogP contribution in [0.1, 0.15) is 24.3 Å². The molecule has 0 bridgehead atoms. The summed E-state index contributed by atoms with van der Waals surface area (Å²) in [7, 11) is 0. The Bertz CT molecular complexity index is 683. The second-order valence-electron chi connectivity index (χ2n) is 5.32. The molecule has 0 atom stereocenters. The van der Waals surface area contributed by atoms with Crippen molar-refractivity contribution >= 4 is 34.8 Å². The highest BCUT2D eigenvalue weighted by atomic mass is 35.5. The van der Waals surface area contributed by atoms with Gasteiger partial charge >= 0.3 is 5.97 Å². The average Bonchev–Trinajstić information content (AvgIpc) is 3.01. The van der Waals surface area contributed by atoms with Gasteiger partial charge < -0.3 is 10.1 Å². The molecule has 0 aliphatic rings. The average molecular weight is 353 g/mol. The summed E-state index contributed by atoms with van der Waals surface area (Å²) < 4.78 is 4.96. The molecule has 23 heavy (non-hydrogen) atoms. The van der Waals surface area contributed by atoms with Crippen LogP contribution in [-0.2, 0) is 9.53 Å². The monoisotopic (exact) mass is 352 g/mol. The number of carbonyl (C=O) groups excluding carboxylic acids is 2. The molecule has 0 aliphatic carbocycles. The fourth-order valence-electron chi connectivity index (χ4n) is 1.67. The molecule has 2 rings (SSSR count). The maximum atomic E-state index is 11.9. The van der Waals surface area contributed by atoms with Crippen LogP contribution in [0.5, 0.6) is 0 Å². The smallest absolute Gasteiger partial charge is 0.358 e. The Morgan fingerprint density at radius 3 is 2.65 bits per heavy atom. The summed E-state index contributed by atoms with van der Waals surface area (Å²) in [6, 6.07) is 7.18. The van der Waals surface area contributed by atoms with E-state index in [1.807, 2.05) is 26.0 Å². The fourth-order valence-corrected chi connectivity index (χ4v) is 2.59. The number of thiazole rings is 1. The molecule has 0 aliphatic heterocycles. The molecule has 7 heteroatoms. The summed E-state index contributed by atoms with van der Waals surface area (Å²) in [5, 5.41) is 5.62. The molecule has 1 heterocycles. The van der Waals surface area contributed by atoms with Crippen LogP contribution >= 0.6 is 22.9 Å². The Labute approximate surface area is 143 Å². The van der Waals surface area contributed by atoms with Gasteiger partial charge in [-0.1, -0.05) is 37.6 Å². The third kappa shape index (κ3) is 5.33. The molecular weight excluding hydrogens is 336 g/mol. The first-order valence-corrected chi connectivity index (χ1v) is 8.36. The van der Waals surface area contributed by atoms with Crippen LogP contribution in [0.4, 0.5) is 0 Å². The van der Waals surface area contributed by atoms with Gasteiger partial charge in [0.25, 0.3) is 5.91 Å². The summed E-state index contributed by atoms with van der Waals surface area (Å²) >= 11 is 7.17. The van der Waals surface area contributed by atoms with Crippen LogP contribution < -0.4 is 5.32 Å². The topological polar surface area (TPSA) is 68.3 Å². The van der Waals surface area contributed by atoms with Gasteiger partial charge in [-0.15, -0.1) is 11.3 Å². The predicted molar refractivity (Wildman–Crippen MR) is 90.7 cm³/mol. The molecular formula is C16H17ClN2O3S. The Morgan fingerprint density at radius 1 is 1.30 bits per heavy atom. The molecule has 0 fully saturated rings. The maximum absolute atomic E-state index is 11.9. The molecule has 1 aromatic heterocycles. The standard InChI is InChI=1S/C16H17ClN2O3S/c1-10(2)7-18-14(20)8-22-16(21)13-9-23-15(19-13)11-3-5-12(17)6-4-11/h3-6,9-10H,7-8H2,1-2H3,(H,18,20). The van der Waals surface area contributed by atoms with E-state index in [0.717, 1.165) is 5.56 Å². The lowest BCUT2D eigenvalue weighted by molar-refractivity contribution is -0.124. The molecule has 0 radical (unpaired) electrons. The zero-order valence-electron chi connectivity index (χ0n) is 12.8. The van der Waals surface area contributed by atoms with Crippen LogP contribution in [0.15, 0.2) is 29.6 Å². The number of rotatable bonds is 6. The highest BCUT2D eigenvalue weighted by molar-refractivity contribution is 7.13. The largest absolute Gasteiger partial charge is 0.451 e. The second-order valence-corrected chi connectivity index (χ2v) is 6.61. The minimum atomic E-state index is -0.610. The molecule has 122 valence electrons. The number of amides is 1. The number of ether oxygens (including phenoxy) is 1. The molecule has 1 aromatic carbocycles. The number of benzene rings is 1. The molecule has 1 amide bonds. The Morgan fingerprint density at radius 2 is 2.00 bits per heavy atom. The first-order chi connectivity index (χ1) is 11.0. The Balaban J connectivity index is 1.91. The Hall–Kier alpha value is -1.92. The van der Waals surface area contributed by atoms with Crippen molar-refractivity contribution in [2.45, 2.75) is 13.8 Å². The first-order valence-electron chi connectivity index (χ1n) is 7.11.